The Morgan fingerprint density at radius 2 is 2.14 bits per heavy atom. The molecule has 3 heteroatoms. The molecule has 0 aliphatic carbocycles. The molecule has 0 atom stereocenters. The van der Waals surface area contributed by atoms with Crippen molar-refractivity contribution in [2.75, 3.05) is 6.54 Å². The highest BCUT2D eigenvalue weighted by molar-refractivity contribution is 5.15. The van der Waals surface area contributed by atoms with E-state index in [-0.39, 0.29) is 0 Å². The summed E-state index contributed by atoms with van der Waals surface area (Å²) in [6.45, 7) is 9.56. The maximum Gasteiger partial charge on any atom is 0.0537 e. The van der Waals surface area contributed by atoms with Gasteiger partial charge in [0.2, 0.25) is 0 Å². The van der Waals surface area contributed by atoms with Crippen molar-refractivity contribution in [1.29, 1.82) is 0 Å². The Hall–Kier alpha value is -0.830. The molecule has 0 radical (unpaired) electrons. The fraction of sp³-hybridized carbons (Fsp3) is 0.727. The monoisotopic (exact) mass is 195 g/mol. The Kier molecular flexibility index (Phi) is 4.66. The Balaban J connectivity index is 2.51. The van der Waals surface area contributed by atoms with Crippen molar-refractivity contribution >= 4 is 0 Å². The molecule has 0 amide bonds. The summed E-state index contributed by atoms with van der Waals surface area (Å²) in [6, 6.07) is 0. The van der Waals surface area contributed by atoms with Crippen LogP contribution in [0.2, 0.25) is 0 Å². The highest BCUT2D eigenvalue weighted by Gasteiger charge is 2.04. The van der Waals surface area contributed by atoms with Crippen LogP contribution in [0.4, 0.5) is 0 Å². The standard InChI is InChI=1S/C11H21N3/c1-4-6-12-8-11-9-13-14(7-5-2)10(11)3/h9,12H,4-8H2,1-3H3. The highest BCUT2D eigenvalue weighted by Crippen LogP contribution is 2.07. The fourth-order valence-corrected chi connectivity index (χ4v) is 1.50. The van der Waals surface area contributed by atoms with Crippen molar-refractivity contribution in [2.24, 2.45) is 0 Å². The van der Waals surface area contributed by atoms with Gasteiger partial charge in [-0.25, -0.2) is 0 Å². The molecule has 0 spiro atoms. The van der Waals surface area contributed by atoms with E-state index in [9.17, 15) is 0 Å². The summed E-state index contributed by atoms with van der Waals surface area (Å²) in [6.07, 6.45) is 4.31. The smallest absolute Gasteiger partial charge is 0.0537 e. The summed E-state index contributed by atoms with van der Waals surface area (Å²) in [5.41, 5.74) is 2.63. The lowest BCUT2D eigenvalue weighted by atomic mass is 10.2. The molecule has 0 aliphatic heterocycles. The van der Waals surface area contributed by atoms with Gasteiger partial charge in [0.1, 0.15) is 0 Å². The van der Waals surface area contributed by atoms with Crippen molar-refractivity contribution in [3.8, 4) is 0 Å². The Morgan fingerprint density at radius 3 is 2.79 bits per heavy atom. The summed E-state index contributed by atoms with van der Waals surface area (Å²) in [7, 11) is 0. The summed E-state index contributed by atoms with van der Waals surface area (Å²) in [5, 5.41) is 7.76. The molecule has 1 aromatic rings. The number of aryl methyl sites for hydroxylation is 1. The average Bonchev–Trinajstić information content (AvgIpc) is 2.51. The van der Waals surface area contributed by atoms with Crippen molar-refractivity contribution in [2.45, 2.75) is 46.7 Å². The first-order valence-corrected chi connectivity index (χ1v) is 5.51. The van der Waals surface area contributed by atoms with Crippen LogP contribution in [0.25, 0.3) is 0 Å². The fourth-order valence-electron chi connectivity index (χ4n) is 1.50. The third-order valence-corrected chi connectivity index (χ3v) is 2.38. The van der Waals surface area contributed by atoms with Crippen LogP contribution in [-0.2, 0) is 13.1 Å². The lowest BCUT2D eigenvalue weighted by Gasteiger charge is -2.04. The van der Waals surface area contributed by atoms with Crippen molar-refractivity contribution in [1.82, 2.24) is 15.1 Å². The Morgan fingerprint density at radius 1 is 1.36 bits per heavy atom. The number of hydrogen-bond donors (Lipinski definition) is 1. The second-order valence-corrected chi connectivity index (χ2v) is 3.66. The van der Waals surface area contributed by atoms with Crippen LogP contribution in [0.3, 0.4) is 0 Å². The average molecular weight is 195 g/mol. The van der Waals surface area contributed by atoms with Crippen LogP contribution in [0.1, 0.15) is 37.9 Å². The van der Waals surface area contributed by atoms with Gasteiger partial charge in [-0.05, 0) is 26.3 Å². The van der Waals surface area contributed by atoms with Crippen LogP contribution >= 0.6 is 0 Å². The molecule has 1 heterocycles. The maximum atomic E-state index is 4.36. The molecule has 14 heavy (non-hydrogen) atoms. The predicted octanol–water partition coefficient (Wildman–Crippen LogP) is 2.10. The van der Waals surface area contributed by atoms with E-state index in [0.717, 1.165) is 26.1 Å². The minimum atomic E-state index is 0.948. The lowest BCUT2D eigenvalue weighted by Crippen LogP contribution is -2.14. The maximum absolute atomic E-state index is 4.36. The molecule has 1 rings (SSSR count). The molecular weight excluding hydrogens is 174 g/mol. The zero-order chi connectivity index (χ0) is 10.4. The van der Waals surface area contributed by atoms with Crippen molar-refractivity contribution < 1.29 is 0 Å². The molecule has 0 bridgehead atoms. The van der Waals surface area contributed by atoms with Crippen LogP contribution in [0, 0.1) is 6.92 Å². The minimum absolute atomic E-state index is 0.948. The van der Waals surface area contributed by atoms with E-state index in [1.54, 1.807) is 0 Å². The van der Waals surface area contributed by atoms with Gasteiger partial charge in [0.15, 0.2) is 0 Å². The topological polar surface area (TPSA) is 29.9 Å². The van der Waals surface area contributed by atoms with Crippen molar-refractivity contribution in [3.05, 3.63) is 17.5 Å². The van der Waals surface area contributed by atoms with Crippen LogP contribution in [-0.4, -0.2) is 16.3 Å². The van der Waals surface area contributed by atoms with E-state index in [4.69, 9.17) is 0 Å². The van der Waals surface area contributed by atoms with Crippen LogP contribution < -0.4 is 5.32 Å². The number of rotatable bonds is 6. The van der Waals surface area contributed by atoms with Gasteiger partial charge < -0.3 is 5.32 Å². The molecule has 0 saturated carbocycles. The molecule has 0 unspecified atom stereocenters. The van der Waals surface area contributed by atoms with Gasteiger partial charge in [-0.1, -0.05) is 13.8 Å². The minimum Gasteiger partial charge on any atom is -0.313 e. The zero-order valence-electron chi connectivity index (χ0n) is 9.51. The molecule has 0 aliphatic rings. The SMILES string of the molecule is CCCNCc1cnn(CCC)c1C. The van der Waals surface area contributed by atoms with E-state index < -0.39 is 0 Å². The first-order chi connectivity index (χ1) is 6.79. The molecule has 1 N–H and O–H groups in total. The van der Waals surface area contributed by atoms with E-state index in [0.29, 0.717) is 0 Å². The zero-order valence-corrected chi connectivity index (χ0v) is 9.51. The van der Waals surface area contributed by atoms with Gasteiger partial charge in [-0.2, -0.15) is 5.10 Å². The van der Waals surface area contributed by atoms with Gasteiger partial charge >= 0.3 is 0 Å². The van der Waals surface area contributed by atoms with Gasteiger partial charge in [0, 0.05) is 24.3 Å². The van der Waals surface area contributed by atoms with Gasteiger partial charge in [-0.15, -0.1) is 0 Å². The second-order valence-electron chi connectivity index (χ2n) is 3.66. The lowest BCUT2D eigenvalue weighted by molar-refractivity contribution is 0.584. The van der Waals surface area contributed by atoms with Crippen LogP contribution in [0.5, 0.6) is 0 Å². The summed E-state index contributed by atoms with van der Waals surface area (Å²) in [4.78, 5) is 0. The third kappa shape index (κ3) is 2.84. The molecule has 1 aromatic heterocycles. The van der Waals surface area contributed by atoms with Gasteiger partial charge in [0.05, 0.1) is 6.20 Å². The molecule has 3 nitrogen and oxygen atoms in total. The summed E-state index contributed by atoms with van der Waals surface area (Å²) < 4.78 is 2.09. The first kappa shape index (κ1) is 11.2. The number of nitrogens with zero attached hydrogens (tertiary/aromatic N) is 2. The molecule has 0 saturated heterocycles. The Labute approximate surface area is 86.5 Å². The van der Waals surface area contributed by atoms with Gasteiger partial charge in [-0.3, -0.25) is 4.68 Å². The summed E-state index contributed by atoms with van der Waals surface area (Å²) in [5.74, 6) is 0. The van der Waals surface area contributed by atoms with Gasteiger partial charge in [0.25, 0.3) is 0 Å². The largest absolute Gasteiger partial charge is 0.313 e. The number of hydrogen-bond acceptors (Lipinski definition) is 2. The van der Waals surface area contributed by atoms with E-state index in [1.165, 1.54) is 17.7 Å². The second kappa shape index (κ2) is 5.81. The first-order valence-electron chi connectivity index (χ1n) is 5.51. The normalized spacial score (nSPS) is 10.8. The van der Waals surface area contributed by atoms with E-state index in [1.807, 2.05) is 6.20 Å². The highest BCUT2D eigenvalue weighted by atomic mass is 15.3. The number of nitrogens with one attached hydrogen (secondary N) is 1. The molecule has 0 fully saturated rings. The molecule has 80 valence electrons. The number of aromatic nitrogens is 2. The predicted molar refractivity (Wildman–Crippen MR) is 59.3 cm³/mol. The molecular formula is C11H21N3. The third-order valence-electron chi connectivity index (χ3n) is 2.38. The quantitative estimate of drug-likeness (QED) is 0.704. The van der Waals surface area contributed by atoms with E-state index in [2.05, 4.69) is 35.9 Å². The Bertz CT molecular complexity index is 265. The van der Waals surface area contributed by atoms with E-state index >= 15 is 0 Å². The molecule has 0 aromatic carbocycles. The summed E-state index contributed by atoms with van der Waals surface area (Å²) >= 11 is 0. The van der Waals surface area contributed by atoms with Crippen molar-refractivity contribution in [3.63, 3.8) is 0 Å². The van der Waals surface area contributed by atoms with Crippen LogP contribution in [0.15, 0.2) is 6.20 Å².